The number of carbonyl (C=O) groups is 4. The van der Waals surface area contributed by atoms with Crippen LogP contribution in [0.3, 0.4) is 0 Å². The van der Waals surface area contributed by atoms with E-state index in [-0.39, 0.29) is 24.2 Å². The summed E-state index contributed by atoms with van der Waals surface area (Å²) in [6.45, 7) is 16.5. The highest BCUT2D eigenvalue weighted by Crippen LogP contribution is 2.46. The smallest absolute Gasteiger partial charge is 0.262 e. The van der Waals surface area contributed by atoms with Crippen LogP contribution >= 0.6 is 11.6 Å². The highest BCUT2D eigenvalue weighted by molar-refractivity contribution is 6.33. The molecule has 296 valence electrons. The van der Waals surface area contributed by atoms with Crippen LogP contribution in [-0.4, -0.2) is 115 Å². The van der Waals surface area contributed by atoms with E-state index in [0.29, 0.717) is 40.0 Å². The number of pyridine rings is 1. The number of amides is 4. The molecule has 6 aliphatic rings. The normalized spacial score (nSPS) is 24.2. The summed E-state index contributed by atoms with van der Waals surface area (Å²) in [5.74, 6) is -0.899. The molecule has 57 heavy (non-hydrogen) atoms. The first-order valence-electron chi connectivity index (χ1n) is 20.2. The maximum absolute atomic E-state index is 13.4. The number of likely N-dealkylation sites (tertiary alicyclic amines) is 1. The topological polar surface area (TPSA) is 117 Å². The second-order valence-corrected chi connectivity index (χ2v) is 17.3. The van der Waals surface area contributed by atoms with Gasteiger partial charge in [-0.05, 0) is 93.3 Å². The molecule has 9 rings (SSSR count). The predicted octanol–water partition coefficient (Wildman–Crippen LogP) is 5.36. The number of halogens is 1. The molecule has 1 spiro atoms. The fourth-order valence-corrected chi connectivity index (χ4v) is 10.4. The fourth-order valence-electron chi connectivity index (χ4n) is 10.2. The SMILES string of the molecule is [C-]#[N+]c1ccc(N2CC3(CCN(c4ccc(N5CCC(N6CC(N(C)c7ccc8c(c7)C(=O)N(C7CCC(=O)NC7=O)C8=O)C6)CC5)cn4)CC3)C[C@@H]2C)cc1Cl. The second-order valence-electron chi connectivity index (χ2n) is 16.9. The Kier molecular flexibility index (Phi) is 9.60. The molecule has 0 radical (unpaired) electrons. The number of benzene rings is 2. The highest BCUT2D eigenvalue weighted by Gasteiger charge is 2.46. The Bertz CT molecular complexity index is 2150. The minimum absolute atomic E-state index is 0.0982. The summed E-state index contributed by atoms with van der Waals surface area (Å²) >= 11 is 6.39. The van der Waals surface area contributed by atoms with Crippen LogP contribution in [0.5, 0.6) is 0 Å². The van der Waals surface area contributed by atoms with E-state index in [0.717, 1.165) is 100 Å². The Morgan fingerprint density at radius 1 is 0.895 bits per heavy atom. The lowest BCUT2D eigenvalue weighted by Crippen LogP contribution is -2.63. The van der Waals surface area contributed by atoms with Gasteiger partial charge >= 0.3 is 0 Å². The first-order chi connectivity index (χ1) is 27.5. The molecule has 2 aromatic carbocycles. The third kappa shape index (κ3) is 6.76. The van der Waals surface area contributed by atoms with Gasteiger partial charge in [-0.3, -0.25) is 34.3 Å². The van der Waals surface area contributed by atoms with Gasteiger partial charge in [-0.15, -0.1) is 0 Å². The van der Waals surface area contributed by atoms with Crippen LogP contribution in [0.15, 0.2) is 54.7 Å². The quantitative estimate of drug-likeness (QED) is 0.248. The second kappa shape index (κ2) is 14.6. The molecular formula is C43H48ClN9O4. The summed E-state index contributed by atoms with van der Waals surface area (Å²) in [5.41, 5.74) is 4.55. The van der Waals surface area contributed by atoms with Crippen molar-refractivity contribution >= 4 is 63.8 Å². The van der Waals surface area contributed by atoms with Gasteiger partial charge in [0.15, 0.2) is 0 Å². The van der Waals surface area contributed by atoms with Crippen LogP contribution < -0.4 is 24.9 Å². The van der Waals surface area contributed by atoms with Crippen LogP contribution in [0.25, 0.3) is 4.85 Å². The van der Waals surface area contributed by atoms with Gasteiger partial charge in [-0.1, -0.05) is 17.7 Å². The minimum Gasteiger partial charge on any atom is -0.370 e. The third-order valence-electron chi connectivity index (χ3n) is 13.6. The van der Waals surface area contributed by atoms with Gasteiger partial charge < -0.3 is 19.6 Å². The third-order valence-corrected chi connectivity index (χ3v) is 13.9. The molecule has 0 aliphatic carbocycles. The van der Waals surface area contributed by atoms with Crippen molar-refractivity contribution in [3.63, 3.8) is 0 Å². The Hall–Kier alpha value is -5.19. The number of nitrogens with zero attached hydrogens (tertiary/aromatic N) is 8. The molecule has 0 bridgehead atoms. The van der Waals surface area contributed by atoms with E-state index in [9.17, 15) is 19.2 Å². The zero-order valence-corrected chi connectivity index (χ0v) is 33.2. The van der Waals surface area contributed by atoms with Gasteiger partial charge in [-0.25, -0.2) is 9.83 Å². The molecule has 4 amide bonds. The van der Waals surface area contributed by atoms with E-state index in [1.807, 2.05) is 37.5 Å². The molecule has 1 N–H and O–H groups in total. The number of fused-ring (bicyclic) bond motifs is 1. The van der Waals surface area contributed by atoms with E-state index < -0.39 is 23.8 Å². The molecule has 5 saturated heterocycles. The van der Waals surface area contributed by atoms with Crippen molar-refractivity contribution in [1.82, 2.24) is 20.1 Å². The summed E-state index contributed by atoms with van der Waals surface area (Å²) in [5, 5.41) is 2.78. The Morgan fingerprint density at radius 2 is 1.63 bits per heavy atom. The molecule has 2 atom stereocenters. The zero-order chi connectivity index (χ0) is 39.6. The van der Waals surface area contributed by atoms with Crippen LogP contribution in [0, 0.1) is 12.0 Å². The van der Waals surface area contributed by atoms with Crippen molar-refractivity contribution in [2.45, 2.75) is 76.0 Å². The van der Waals surface area contributed by atoms with Crippen molar-refractivity contribution < 1.29 is 19.2 Å². The van der Waals surface area contributed by atoms with Crippen molar-refractivity contribution in [2.75, 3.05) is 72.5 Å². The minimum atomic E-state index is -0.967. The molecular weight excluding hydrogens is 742 g/mol. The molecule has 13 nitrogen and oxygen atoms in total. The molecule has 3 aromatic rings. The Morgan fingerprint density at radius 3 is 2.32 bits per heavy atom. The van der Waals surface area contributed by atoms with Gasteiger partial charge in [0.25, 0.3) is 11.8 Å². The number of carbonyl (C=O) groups excluding carboxylic acids is 4. The molecule has 5 fully saturated rings. The number of hydrogen-bond acceptors (Lipinski definition) is 10. The average Bonchev–Trinajstić information content (AvgIpc) is 3.65. The number of aromatic nitrogens is 1. The molecule has 0 saturated carbocycles. The van der Waals surface area contributed by atoms with Gasteiger partial charge in [-0.2, -0.15) is 0 Å². The van der Waals surface area contributed by atoms with Crippen LogP contribution in [0.4, 0.5) is 28.6 Å². The number of nitrogens with one attached hydrogen (secondary N) is 1. The van der Waals surface area contributed by atoms with Crippen molar-refractivity contribution in [3.8, 4) is 0 Å². The van der Waals surface area contributed by atoms with E-state index in [1.165, 1.54) is 5.69 Å². The van der Waals surface area contributed by atoms with Crippen molar-refractivity contribution in [2.24, 2.45) is 5.41 Å². The Balaban J connectivity index is 0.738. The summed E-state index contributed by atoms with van der Waals surface area (Å²) in [6, 6.07) is 15.8. The zero-order valence-electron chi connectivity index (χ0n) is 32.5. The average molecular weight is 790 g/mol. The fraction of sp³-hybridized carbons (Fsp3) is 0.488. The standard InChI is InChI=1S/C43H48ClN9O4/c1-27-22-43(26-52(27)30-5-8-36(45-2)35(44)21-30)14-18-50(19-15-43)38-10-6-31(23-46-38)49-16-12-28(13-17-49)51-24-32(25-51)48(3)29-4-7-33-34(20-29)42(57)53(41(33)56)37-9-11-39(54)47-40(37)55/h4-8,10,20-21,23,27-28,32,37H,9,11-19,22,24-26H2,1,3H3,(H,47,54,55)/t27-,37?/m0/s1. The van der Waals surface area contributed by atoms with Gasteiger partial charge in [0.2, 0.25) is 17.5 Å². The molecule has 7 heterocycles. The van der Waals surface area contributed by atoms with Gasteiger partial charge in [0, 0.05) is 87.8 Å². The number of rotatable bonds is 7. The number of anilines is 4. The van der Waals surface area contributed by atoms with Crippen molar-refractivity contribution in [3.05, 3.63) is 82.3 Å². The lowest BCUT2D eigenvalue weighted by molar-refractivity contribution is -0.136. The van der Waals surface area contributed by atoms with Crippen LogP contribution in [-0.2, 0) is 9.59 Å². The maximum Gasteiger partial charge on any atom is 0.262 e. The van der Waals surface area contributed by atoms with Crippen LogP contribution in [0.2, 0.25) is 5.02 Å². The molecule has 6 aliphatic heterocycles. The van der Waals surface area contributed by atoms with E-state index >= 15 is 0 Å². The largest absolute Gasteiger partial charge is 0.370 e. The van der Waals surface area contributed by atoms with Gasteiger partial charge in [0.05, 0.1) is 35.6 Å². The predicted molar refractivity (Wildman–Crippen MR) is 219 cm³/mol. The lowest BCUT2D eigenvalue weighted by Gasteiger charge is -2.50. The number of imide groups is 2. The molecule has 14 heteroatoms. The van der Waals surface area contributed by atoms with Crippen molar-refractivity contribution in [1.29, 1.82) is 0 Å². The molecule has 1 unspecified atom stereocenters. The molecule has 1 aromatic heterocycles. The summed E-state index contributed by atoms with van der Waals surface area (Å²) < 4.78 is 0. The number of hydrogen-bond donors (Lipinski definition) is 1. The van der Waals surface area contributed by atoms with E-state index in [4.69, 9.17) is 23.2 Å². The van der Waals surface area contributed by atoms with Crippen LogP contribution in [0.1, 0.15) is 72.6 Å². The number of likely N-dealkylation sites (N-methyl/N-ethyl adjacent to an activating group) is 1. The first kappa shape index (κ1) is 37.4. The Labute approximate surface area is 338 Å². The van der Waals surface area contributed by atoms with E-state index in [1.54, 1.807) is 12.1 Å². The van der Waals surface area contributed by atoms with E-state index in [2.05, 4.69) is 53.7 Å². The monoisotopic (exact) mass is 789 g/mol. The summed E-state index contributed by atoms with van der Waals surface area (Å²) in [7, 11) is 2.03. The lowest BCUT2D eigenvalue weighted by atomic mass is 9.77. The van der Waals surface area contributed by atoms with Gasteiger partial charge in [0.1, 0.15) is 11.9 Å². The number of piperidine rings is 3. The summed E-state index contributed by atoms with van der Waals surface area (Å²) in [4.78, 5) is 72.2. The maximum atomic E-state index is 13.4. The summed E-state index contributed by atoms with van der Waals surface area (Å²) in [6.07, 6.45) is 7.88. The first-order valence-corrected chi connectivity index (χ1v) is 20.6. The highest BCUT2D eigenvalue weighted by atomic mass is 35.5.